The molecule has 1 N–H and O–H groups in total. The Hall–Kier alpha value is -2.17. The fourth-order valence-corrected chi connectivity index (χ4v) is 3.47. The Bertz CT molecular complexity index is 625. The molecule has 0 aromatic heterocycles. The molecule has 1 heterocycles. The third-order valence-electron chi connectivity index (χ3n) is 4.43. The van der Waals surface area contributed by atoms with Gasteiger partial charge in [-0.3, -0.25) is 9.69 Å². The summed E-state index contributed by atoms with van der Waals surface area (Å²) in [7, 11) is 0. The van der Waals surface area contributed by atoms with Crippen LogP contribution in [0.3, 0.4) is 0 Å². The topological polar surface area (TPSA) is 41.6 Å². The molecule has 1 aliphatic rings. The average molecular weight is 338 g/mol. The number of carbonyl (C=O) groups excluding carboxylic acids is 1. The fraction of sp³-hybridized carbons (Fsp3) is 0.381. The largest absolute Gasteiger partial charge is 0.373 e. The van der Waals surface area contributed by atoms with Crippen LogP contribution in [0.1, 0.15) is 31.0 Å². The first-order chi connectivity index (χ1) is 12.1. The minimum absolute atomic E-state index is 0.0407. The molecule has 1 fully saturated rings. The Morgan fingerprint density at radius 2 is 1.48 bits per heavy atom. The molecule has 3 rings (SSSR count). The summed E-state index contributed by atoms with van der Waals surface area (Å²) in [5, 5.41) is 3.21. The molecule has 2 atom stereocenters. The lowest BCUT2D eigenvalue weighted by Gasteiger charge is -2.35. The third kappa shape index (κ3) is 4.91. The minimum atomic E-state index is -0.134. The van der Waals surface area contributed by atoms with Gasteiger partial charge in [-0.2, -0.15) is 0 Å². The Balaban J connectivity index is 1.71. The van der Waals surface area contributed by atoms with E-state index in [9.17, 15) is 4.79 Å². The lowest BCUT2D eigenvalue weighted by molar-refractivity contribution is -0.126. The predicted molar refractivity (Wildman–Crippen MR) is 99.3 cm³/mol. The second-order valence-corrected chi connectivity index (χ2v) is 6.77. The Morgan fingerprint density at radius 1 is 1.00 bits per heavy atom. The highest BCUT2D eigenvalue weighted by Gasteiger charge is 2.25. The molecule has 2 aromatic rings. The molecule has 1 saturated heterocycles. The molecule has 0 radical (unpaired) electrons. The first-order valence-corrected chi connectivity index (χ1v) is 8.89. The van der Waals surface area contributed by atoms with Crippen molar-refractivity contribution in [2.24, 2.45) is 0 Å². The highest BCUT2D eigenvalue weighted by atomic mass is 16.5. The molecule has 2 aromatic carbocycles. The first-order valence-electron chi connectivity index (χ1n) is 8.89. The molecular weight excluding hydrogens is 312 g/mol. The Labute approximate surface area is 149 Å². The smallest absolute Gasteiger partial charge is 0.234 e. The van der Waals surface area contributed by atoms with Crippen molar-refractivity contribution in [3.63, 3.8) is 0 Å². The second-order valence-electron chi connectivity index (χ2n) is 6.77. The molecule has 0 aliphatic carbocycles. The number of hydrogen-bond donors (Lipinski definition) is 1. The molecule has 0 bridgehead atoms. The molecule has 0 spiro atoms. The van der Waals surface area contributed by atoms with Gasteiger partial charge in [0.1, 0.15) is 0 Å². The maximum atomic E-state index is 12.7. The molecule has 4 nitrogen and oxygen atoms in total. The normalized spacial score (nSPS) is 21.2. The van der Waals surface area contributed by atoms with Crippen molar-refractivity contribution >= 4 is 5.91 Å². The van der Waals surface area contributed by atoms with Gasteiger partial charge in [0, 0.05) is 13.1 Å². The van der Waals surface area contributed by atoms with E-state index in [1.54, 1.807) is 0 Å². The minimum Gasteiger partial charge on any atom is -0.373 e. The lowest BCUT2D eigenvalue weighted by atomic mass is 9.98. The summed E-state index contributed by atoms with van der Waals surface area (Å²) in [5.41, 5.74) is 2.18. The fourth-order valence-electron chi connectivity index (χ4n) is 3.47. The van der Waals surface area contributed by atoms with E-state index in [4.69, 9.17) is 4.74 Å². The number of benzene rings is 2. The van der Waals surface area contributed by atoms with Crippen LogP contribution in [0.15, 0.2) is 60.7 Å². The molecule has 2 unspecified atom stereocenters. The molecule has 1 amide bonds. The number of nitrogens with zero attached hydrogens (tertiary/aromatic N) is 1. The van der Waals surface area contributed by atoms with Crippen LogP contribution in [0.25, 0.3) is 0 Å². The van der Waals surface area contributed by atoms with Crippen molar-refractivity contribution in [1.82, 2.24) is 10.2 Å². The number of morpholine rings is 1. The van der Waals surface area contributed by atoms with Gasteiger partial charge in [-0.15, -0.1) is 0 Å². The van der Waals surface area contributed by atoms with Gasteiger partial charge >= 0.3 is 0 Å². The third-order valence-corrected chi connectivity index (χ3v) is 4.43. The molecule has 132 valence electrons. The van der Waals surface area contributed by atoms with Gasteiger partial charge in [0.15, 0.2) is 0 Å². The summed E-state index contributed by atoms with van der Waals surface area (Å²) in [4.78, 5) is 14.9. The maximum absolute atomic E-state index is 12.7. The molecular formula is C21H26N2O2. The predicted octanol–water partition coefficient (Wildman–Crippen LogP) is 3.00. The number of rotatable bonds is 5. The summed E-state index contributed by atoms with van der Waals surface area (Å²) in [5.74, 6) is 0.0407. The number of amides is 1. The lowest BCUT2D eigenvalue weighted by Crippen LogP contribution is -2.49. The average Bonchev–Trinajstić information content (AvgIpc) is 2.60. The monoisotopic (exact) mass is 338 g/mol. The van der Waals surface area contributed by atoms with Crippen molar-refractivity contribution in [1.29, 1.82) is 0 Å². The molecule has 4 heteroatoms. The highest BCUT2D eigenvalue weighted by molar-refractivity contribution is 5.79. The number of ether oxygens (including phenoxy) is 1. The van der Waals surface area contributed by atoms with E-state index in [2.05, 4.69) is 48.3 Å². The van der Waals surface area contributed by atoms with Gasteiger partial charge in [-0.05, 0) is 25.0 Å². The van der Waals surface area contributed by atoms with Crippen LogP contribution < -0.4 is 5.32 Å². The van der Waals surface area contributed by atoms with E-state index < -0.39 is 0 Å². The van der Waals surface area contributed by atoms with E-state index in [0.717, 1.165) is 24.2 Å². The van der Waals surface area contributed by atoms with Gasteiger partial charge < -0.3 is 10.1 Å². The van der Waals surface area contributed by atoms with Crippen molar-refractivity contribution in [2.75, 3.05) is 19.6 Å². The van der Waals surface area contributed by atoms with Gasteiger partial charge in [-0.1, -0.05) is 60.7 Å². The van der Waals surface area contributed by atoms with Crippen LogP contribution in [0, 0.1) is 0 Å². The highest BCUT2D eigenvalue weighted by Crippen LogP contribution is 2.21. The zero-order valence-electron chi connectivity index (χ0n) is 14.9. The standard InChI is InChI=1S/C21H26N2O2/c1-16-13-23(14-17(2)25-16)15-20(24)22-21(18-9-5-3-6-10-18)19-11-7-4-8-12-19/h3-12,16-17,21H,13-15H2,1-2H3,(H,22,24). The van der Waals surface area contributed by atoms with Crippen LogP contribution in [0.5, 0.6) is 0 Å². The van der Waals surface area contributed by atoms with Crippen LogP contribution in [-0.4, -0.2) is 42.6 Å². The molecule has 25 heavy (non-hydrogen) atoms. The van der Waals surface area contributed by atoms with Crippen molar-refractivity contribution in [3.05, 3.63) is 71.8 Å². The summed E-state index contributed by atoms with van der Waals surface area (Å²) < 4.78 is 5.74. The van der Waals surface area contributed by atoms with Gasteiger partial charge in [0.05, 0.1) is 24.8 Å². The zero-order valence-corrected chi connectivity index (χ0v) is 14.9. The number of hydrogen-bond acceptors (Lipinski definition) is 3. The Kier molecular flexibility index (Phi) is 5.84. The van der Waals surface area contributed by atoms with Crippen molar-refractivity contribution < 1.29 is 9.53 Å². The van der Waals surface area contributed by atoms with E-state index >= 15 is 0 Å². The zero-order chi connectivity index (χ0) is 17.6. The number of nitrogens with one attached hydrogen (secondary N) is 1. The Morgan fingerprint density at radius 3 is 1.96 bits per heavy atom. The van der Waals surface area contributed by atoms with Crippen LogP contribution in [0.4, 0.5) is 0 Å². The van der Waals surface area contributed by atoms with Gasteiger partial charge in [0.25, 0.3) is 0 Å². The summed E-state index contributed by atoms with van der Waals surface area (Å²) in [6, 6.07) is 20.1. The second kappa shape index (κ2) is 8.28. The van der Waals surface area contributed by atoms with Crippen LogP contribution in [-0.2, 0) is 9.53 Å². The van der Waals surface area contributed by atoms with E-state index in [1.165, 1.54) is 0 Å². The maximum Gasteiger partial charge on any atom is 0.234 e. The number of carbonyl (C=O) groups is 1. The quantitative estimate of drug-likeness (QED) is 0.911. The van der Waals surface area contributed by atoms with Crippen LogP contribution >= 0.6 is 0 Å². The summed E-state index contributed by atoms with van der Waals surface area (Å²) >= 11 is 0. The van der Waals surface area contributed by atoms with E-state index in [-0.39, 0.29) is 24.2 Å². The summed E-state index contributed by atoms with van der Waals surface area (Å²) in [6.45, 7) is 6.08. The van der Waals surface area contributed by atoms with E-state index in [0.29, 0.717) is 6.54 Å². The first kappa shape index (κ1) is 17.6. The molecule has 1 aliphatic heterocycles. The summed E-state index contributed by atoms with van der Waals surface area (Å²) in [6.07, 6.45) is 0.325. The van der Waals surface area contributed by atoms with Gasteiger partial charge in [-0.25, -0.2) is 0 Å². The molecule has 0 saturated carbocycles. The van der Waals surface area contributed by atoms with Gasteiger partial charge in [0.2, 0.25) is 5.91 Å². The van der Waals surface area contributed by atoms with Crippen molar-refractivity contribution in [3.8, 4) is 0 Å². The van der Waals surface area contributed by atoms with Crippen molar-refractivity contribution in [2.45, 2.75) is 32.1 Å². The van der Waals surface area contributed by atoms with Crippen LogP contribution in [0.2, 0.25) is 0 Å². The SMILES string of the molecule is CC1CN(CC(=O)NC(c2ccccc2)c2ccccc2)CC(C)O1. The van der Waals surface area contributed by atoms with E-state index in [1.807, 2.05) is 36.4 Å².